The third kappa shape index (κ3) is 5.09. The van der Waals surface area contributed by atoms with E-state index in [1.165, 1.54) is 0 Å². The summed E-state index contributed by atoms with van der Waals surface area (Å²) >= 11 is 0. The van der Waals surface area contributed by atoms with Crippen molar-refractivity contribution in [2.24, 2.45) is 0 Å². The minimum atomic E-state index is -5.02. The predicted octanol–water partition coefficient (Wildman–Crippen LogP) is 2.05. The Balaban J connectivity index is 2.14. The number of carbonyl (C=O) groups excluding carboxylic acids is 1. The van der Waals surface area contributed by atoms with Crippen LogP contribution < -0.4 is 20.5 Å². The average molecular weight is 452 g/mol. The zero-order chi connectivity index (χ0) is 23.5. The van der Waals surface area contributed by atoms with Crippen molar-refractivity contribution < 1.29 is 42.5 Å². The molecule has 0 spiro atoms. The molecule has 9 nitrogen and oxygen atoms in total. The molecule has 0 saturated heterocycles. The number of hydrogen-bond donors (Lipinski definition) is 3. The molecule has 0 atom stereocenters. The molecule has 0 aliphatic rings. The van der Waals surface area contributed by atoms with Crippen molar-refractivity contribution in [3.63, 3.8) is 0 Å². The summed E-state index contributed by atoms with van der Waals surface area (Å²) < 4.78 is 42.2. The van der Waals surface area contributed by atoms with Crippen molar-refractivity contribution >= 4 is 22.8 Å². The van der Waals surface area contributed by atoms with Crippen molar-refractivity contribution in [1.29, 1.82) is 0 Å². The minimum Gasteiger partial charge on any atom is -0.506 e. The van der Waals surface area contributed by atoms with Crippen molar-refractivity contribution in [1.82, 2.24) is 10.0 Å². The Morgan fingerprint density at radius 1 is 1.09 bits per heavy atom. The number of nitrogens with zero attached hydrogens (tertiary/aromatic N) is 1. The average Bonchev–Trinajstić information content (AvgIpc) is 2.72. The van der Waals surface area contributed by atoms with Crippen LogP contribution in [0.4, 0.5) is 13.2 Å². The van der Waals surface area contributed by atoms with Gasteiger partial charge in [0.2, 0.25) is 0 Å². The van der Waals surface area contributed by atoms with Gasteiger partial charge in [-0.05, 0) is 23.8 Å². The van der Waals surface area contributed by atoms with Crippen molar-refractivity contribution in [2.75, 3.05) is 6.54 Å². The number of aliphatic carboxylic acids is 1. The van der Waals surface area contributed by atoms with Crippen LogP contribution in [0.25, 0.3) is 10.9 Å². The largest absolute Gasteiger partial charge is 0.573 e. The second-order valence-electron chi connectivity index (χ2n) is 6.39. The summed E-state index contributed by atoms with van der Waals surface area (Å²) in [5.74, 6) is -4.35. The summed E-state index contributed by atoms with van der Waals surface area (Å²) in [6.07, 6.45) is -5.02. The predicted molar refractivity (Wildman–Crippen MR) is 103 cm³/mol. The van der Waals surface area contributed by atoms with Gasteiger partial charge in [-0.25, -0.2) is 0 Å². The highest BCUT2D eigenvalue weighted by molar-refractivity contribution is 6.03. The van der Waals surface area contributed by atoms with E-state index in [1.54, 1.807) is 30.3 Å². The fourth-order valence-corrected chi connectivity index (χ4v) is 2.82. The Labute approximate surface area is 177 Å². The van der Waals surface area contributed by atoms with Gasteiger partial charge in [-0.2, -0.15) is 0 Å². The number of carboxylic acids is 1. The molecule has 3 N–H and O–H groups in total. The third-order valence-corrected chi connectivity index (χ3v) is 4.14. The van der Waals surface area contributed by atoms with E-state index in [0.717, 1.165) is 18.2 Å². The number of aromatic hydroxyl groups is 1. The molecule has 32 heavy (non-hydrogen) atoms. The molecule has 2 aromatic carbocycles. The fraction of sp³-hybridized carbons (Fsp3) is 0.150. The zero-order valence-corrected chi connectivity index (χ0v) is 16.0. The maximum Gasteiger partial charge on any atom is 0.573 e. The molecule has 0 aliphatic heterocycles. The molecule has 1 heterocycles. The molecular weight excluding hydrogens is 437 g/mol. The van der Waals surface area contributed by atoms with E-state index in [0.29, 0.717) is 10.3 Å². The number of fused-ring (bicyclic) bond motifs is 1. The Morgan fingerprint density at radius 2 is 1.78 bits per heavy atom. The summed E-state index contributed by atoms with van der Waals surface area (Å²) in [5, 5.41) is 20.8. The van der Waals surface area contributed by atoms with Crippen LogP contribution in [0.5, 0.6) is 11.5 Å². The van der Waals surface area contributed by atoms with Gasteiger partial charge < -0.3 is 25.1 Å². The van der Waals surface area contributed by atoms with E-state index in [2.05, 4.69) is 4.74 Å². The van der Waals surface area contributed by atoms with Crippen molar-refractivity contribution in [3.05, 3.63) is 70.0 Å². The van der Waals surface area contributed by atoms with Crippen LogP contribution in [0, 0.1) is 0 Å². The van der Waals surface area contributed by atoms with E-state index in [-0.39, 0.29) is 17.5 Å². The molecule has 3 rings (SSSR count). The summed E-state index contributed by atoms with van der Waals surface area (Å²) in [4.78, 5) is 41.4. The van der Waals surface area contributed by atoms with Crippen LogP contribution in [-0.4, -0.2) is 39.7 Å². The maximum absolute atomic E-state index is 12.9. The number of aromatic nitrogens is 1. The molecule has 168 valence electrons. The molecule has 0 radical (unpaired) electrons. The Hall–Kier alpha value is -4.22. The zero-order valence-electron chi connectivity index (χ0n) is 16.0. The molecule has 1 amide bonds. The monoisotopic (exact) mass is 452 g/mol. The van der Waals surface area contributed by atoms with Crippen molar-refractivity contribution in [3.8, 4) is 11.5 Å². The van der Waals surface area contributed by atoms with Crippen LogP contribution in [0.2, 0.25) is 0 Å². The number of rotatable bonds is 7. The minimum absolute atomic E-state index is 0.146. The fourth-order valence-electron chi connectivity index (χ4n) is 2.82. The Kier molecular flexibility index (Phi) is 6.23. The Morgan fingerprint density at radius 3 is 2.41 bits per heavy atom. The third-order valence-electron chi connectivity index (χ3n) is 4.14. The molecule has 1 aromatic heterocycles. The van der Waals surface area contributed by atoms with Crippen LogP contribution >= 0.6 is 0 Å². The molecule has 0 saturated carbocycles. The normalized spacial score (nSPS) is 11.2. The first-order valence-corrected chi connectivity index (χ1v) is 8.91. The summed E-state index contributed by atoms with van der Waals surface area (Å²) in [5.41, 5.74) is -1.56. The lowest BCUT2D eigenvalue weighted by atomic mass is 10.1. The van der Waals surface area contributed by atoms with Gasteiger partial charge in [0.05, 0.1) is 5.52 Å². The standard InChI is InChI=1S/C20H15F3N2O7/c21-20(22,23)32-12-6-7-14-13(8-12)17(28)16(18(29)24-9-15(26)27)19(30)25(14)31-10-11-4-2-1-3-5-11/h1-8,28H,9-10H2,(H,24,29)(H,26,27). The topological polar surface area (TPSA) is 127 Å². The highest BCUT2D eigenvalue weighted by Gasteiger charge is 2.32. The molecule has 3 aromatic rings. The lowest BCUT2D eigenvalue weighted by molar-refractivity contribution is -0.274. The van der Waals surface area contributed by atoms with E-state index < -0.39 is 47.4 Å². The van der Waals surface area contributed by atoms with Gasteiger partial charge in [0.15, 0.2) is 5.56 Å². The van der Waals surface area contributed by atoms with Crippen LogP contribution in [0.15, 0.2) is 53.3 Å². The second-order valence-corrected chi connectivity index (χ2v) is 6.39. The van der Waals surface area contributed by atoms with E-state index in [1.807, 2.05) is 5.32 Å². The van der Waals surface area contributed by atoms with Crippen LogP contribution in [0.1, 0.15) is 15.9 Å². The number of carbonyl (C=O) groups is 2. The Bertz CT molecular complexity index is 1220. The molecule has 12 heteroatoms. The molecule has 0 bridgehead atoms. The quantitative estimate of drug-likeness (QED) is 0.501. The first kappa shape index (κ1) is 22.5. The van der Waals surface area contributed by atoms with Gasteiger partial charge in [0.1, 0.15) is 24.7 Å². The highest BCUT2D eigenvalue weighted by atomic mass is 19.4. The summed E-state index contributed by atoms with van der Waals surface area (Å²) in [6, 6.07) is 11.3. The molecular formula is C20H15F3N2O7. The number of ether oxygens (including phenoxy) is 1. The van der Waals surface area contributed by atoms with Gasteiger partial charge >= 0.3 is 12.3 Å². The second kappa shape index (κ2) is 8.88. The SMILES string of the molecule is O=C(O)CNC(=O)c1c(O)c2cc(OC(F)(F)F)ccc2n(OCc2ccccc2)c1=O. The highest BCUT2D eigenvalue weighted by Crippen LogP contribution is 2.32. The number of alkyl halides is 3. The van der Waals surface area contributed by atoms with Gasteiger partial charge in [-0.1, -0.05) is 30.3 Å². The lowest BCUT2D eigenvalue weighted by Gasteiger charge is -2.16. The smallest absolute Gasteiger partial charge is 0.506 e. The summed E-state index contributed by atoms with van der Waals surface area (Å²) in [7, 11) is 0. The first-order chi connectivity index (χ1) is 15.1. The number of halogens is 3. The number of pyridine rings is 1. The van der Waals surface area contributed by atoms with E-state index in [4.69, 9.17) is 9.94 Å². The van der Waals surface area contributed by atoms with Crippen LogP contribution in [0.3, 0.4) is 0 Å². The number of carboxylic acid groups (broad SMARTS) is 1. The van der Waals surface area contributed by atoms with Gasteiger partial charge in [-0.3, -0.25) is 14.4 Å². The van der Waals surface area contributed by atoms with Gasteiger partial charge in [0.25, 0.3) is 11.5 Å². The van der Waals surface area contributed by atoms with Gasteiger partial charge in [0, 0.05) is 5.39 Å². The maximum atomic E-state index is 12.9. The van der Waals surface area contributed by atoms with Crippen molar-refractivity contribution in [2.45, 2.75) is 13.0 Å². The number of hydrogen-bond acceptors (Lipinski definition) is 6. The lowest BCUT2D eigenvalue weighted by Crippen LogP contribution is -2.37. The van der Waals surface area contributed by atoms with E-state index in [9.17, 15) is 32.7 Å². The molecule has 0 fully saturated rings. The number of nitrogens with one attached hydrogen (secondary N) is 1. The van der Waals surface area contributed by atoms with Gasteiger partial charge in [-0.15, -0.1) is 17.9 Å². The first-order valence-electron chi connectivity index (χ1n) is 8.91. The van der Waals surface area contributed by atoms with Crippen LogP contribution in [-0.2, 0) is 11.4 Å². The molecule has 0 aliphatic carbocycles. The van der Waals surface area contributed by atoms with E-state index >= 15 is 0 Å². The molecule has 0 unspecified atom stereocenters. The number of amides is 1. The summed E-state index contributed by atoms with van der Waals surface area (Å²) in [6.45, 7) is -1.02. The number of benzene rings is 2.